The average Bonchev–Trinajstić information content (AvgIpc) is 2.61. The minimum Gasteiger partial charge on any atom is -0.353 e. The Balaban J connectivity index is 2.39. The van der Waals surface area contributed by atoms with E-state index in [1.807, 2.05) is 36.0 Å². The second-order valence-electron chi connectivity index (χ2n) is 2.91. The Kier molecular flexibility index (Phi) is 2.12. The predicted octanol–water partition coefficient (Wildman–Crippen LogP) is -0.115. The first-order chi connectivity index (χ1) is 6.36. The van der Waals surface area contributed by atoms with Gasteiger partial charge in [-0.3, -0.25) is 0 Å². The SMILES string of the molecule is Cn1ccccc1=NC1=NCCN1. The predicted molar refractivity (Wildman–Crippen MR) is 51.3 cm³/mol. The number of nitrogens with one attached hydrogen (secondary N) is 1. The number of rotatable bonds is 0. The summed E-state index contributed by atoms with van der Waals surface area (Å²) in [5, 5.41) is 3.10. The highest BCUT2D eigenvalue weighted by atomic mass is 15.2. The molecule has 1 aliphatic rings. The van der Waals surface area contributed by atoms with Crippen LogP contribution >= 0.6 is 0 Å². The molecule has 4 nitrogen and oxygen atoms in total. The van der Waals surface area contributed by atoms with E-state index in [1.165, 1.54) is 0 Å². The van der Waals surface area contributed by atoms with Crippen LogP contribution in [0.25, 0.3) is 0 Å². The highest BCUT2D eigenvalue weighted by Gasteiger charge is 2.01. The van der Waals surface area contributed by atoms with Crippen molar-refractivity contribution in [3.63, 3.8) is 0 Å². The smallest absolute Gasteiger partial charge is 0.220 e. The minimum absolute atomic E-state index is 0.738. The zero-order valence-electron chi connectivity index (χ0n) is 7.57. The van der Waals surface area contributed by atoms with Gasteiger partial charge in [0.25, 0.3) is 0 Å². The first-order valence-corrected chi connectivity index (χ1v) is 4.31. The topological polar surface area (TPSA) is 41.7 Å². The van der Waals surface area contributed by atoms with Gasteiger partial charge in [-0.05, 0) is 12.1 Å². The van der Waals surface area contributed by atoms with E-state index in [9.17, 15) is 0 Å². The molecule has 1 aromatic rings. The first kappa shape index (κ1) is 8.04. The summed E-state index contributed by atoms with van der Waals surface area (Å²) in [5.41, 5.74) is 0.913. The fourth-order valence-corrected chi connectivity index (χ4v) is 1.20. The summed E-state index contributed by atoms with van der Waals surface area (Å²) in [6, 6.07) is 5.90. The van der Waals surface area contributed by atoms with Gasteiger partial charge in [0.2, 0.25) is 5.96 Å². The maximum Gasteiger partial charge on any atom is 0.220 e. The lowest BCUT2D eigenvalue weighted by molar-refractivity contribution is 0.834. The van der Waals surface area contributed by atoms with E-state index in [-0.39, 0.29) is 0 Å². The van der Waals surface area contributed by atoms with Gasteiger partial charge in [0.15, 0.2) is 0 Å². The molecule has 0 spiro atoms. The zero-order chi connectivity index (χ0) is 9.10. The number of guanidine groups is 1. The van der Waals surface area contributed by atoms with Crippen LogP contribution in [0.3, 0.4) is 0 Å². The number of aromatic nitrogens is 1. The van der Waals surface area contributed by atoms with Gasteiger partial charge < -0.3 is 9.88 Å². The zero-order valence-corrected chi connectivity index (χ0v) is 7.57. The lowest BCUT2D eigenvalue weighted by atomic mass is 10.5. The first-order valence-electron chi connectivity index (χ1n) is 4.31. The number of hydrogen-bond acceptors (Lipinski definition) is 3. The molecule has 0 aromatic carbocycles. The Morgan fingerprint density at radius 3 is 3.15 bits per heavy atom. The van der Waals surface area contributed by atoms with E-state index < -0.39 is 0 Å². The molecule has 0 radical (unpaired) electrons. The van der Waals surface area contributed by atoms with Crippen LogP contribution in [0.15, 0.2) is 34.4 Å². The summed E-state index contributed by atoms with van der Waals surface area (Å²) in [6.07, 6.45) is 1.97. The minimum atomic E-state index is 0.738. The third-order valence-corrected chi connectivity index (χ3v) is 1.90. The summed E-state index contributed by atoms with van der Waals surface area (Å²) in [7, 11) is 1.97. The third kappa shape index (κ3) is 1.77. The van der Waals surface area contributed by atoms with Gasteiger partial charge in [0.05, 0.1) is 6.54 Å². The number of aliphatic imine (C=N–C) groups is 1. The maximum absolute atomic E-state index is 4.36. The van der Waals surface area contributed by atoms with Gasteiger partial charge in [-0.1, -0.05) is 6.07 Å². The molecule has 1 N–H and O–H groups in total. The van der Waals surface area contributed by atoms with Gasteiger partial charge in [-0.2, -0.15) is 4.99 Å². The van der Waals surface area contributed by atoms with E-state index in [4.69, 9.17) is 0 Å². The maximum atomic E-state index is 4.36. The molecule has 0 aliphatic carbocycles. The van der Waals surface area contributed by atoms with Gasteiger partial charge in [-0.25, -0.2) is 4.99 Å². The Bertz CT molecular complexity index is 389. The molecule has 68 valence electrons. The van der Waals surface area contributed by atoms with E-state index >= 15 is 0 Å². The van der Waals surface area contributed by atoms with Crippen molar-refractivity contribution >= 4 is 5.96 Å². The fraction of sp³-hybridized carbons (Fsp3) is 0.333. The average molecular weight is 176 g/mol. The number of nitrogens with zero attached hydrogens (tertiary/aromatic N) is 3. The van der Waals surface area contributed by atoms with Crippen molar-refractivity contribution in [3.8, 4) is 0 Å². The summed E-state index contributed by atoms with van der Waals surface area (Å²) in [6.45, 7) is 1.73. The molecule has 13 heavy (non-hydrogen) atoms. The molecule has 0 bridgehead atoms. The Labute approximate surface area is 76.7 Å². The van der Waals surface area contributed by atoms with Crippen LogP contribution in [-0.2, 0) is 7.05 Å². The molecule has 0 amide bonds. The van der Waals surface area contributed by atoms with Crippen LogP contribution in [-0.4, -0.2) is 23.6 Å². The molecule has 0 fully saturated rings. The van der Waals surface area contributed by atoms with E-state index in [1.54, 1.807) is 0 Å². The number of aryl methyl sites for hydroxylation is 1. The summed E-state index contributed by atoms with van der Waals surface area (Å²) in [5.74, 6) is 0.738. The standard InChI is InChI=1S/C9H12N4/c1-13-7-3-2-4-8(13)12-9-10-5-6-11-9/h2-4,7H,5-6H2,1H3,(H,10,11). The van der Waals surface area contributed by atoms with Crippen molar-refractivity contribution in [1.29, 1.82) is 0 Å². The Hall–Kier alpha value is -1.58. The Morgan fingerprint density at radius 2 is 2.46 bits per heavy atom. The summed E-state index contributed by atoms with van der Waals surface area (Å²) in [4.78, 5) is 8.56. The summed E-state index contributed by atoms with van der Waals surface area (Å²) >= 11 is 0. The molecule has 1 aliphatic heterocycles. The van der Waals surface area contributed by atoms with Crippen molar-refractivity contribution in [2.75, 3.05) is 13.1 Å². The quantitative estimate of drug-likeness (QED) is 0.588. The normalized spacial score (nSPS) is 17.0. The highest BCUT2D eigenvalue weighted by molar-refractivity contribution is 5.81. The monoisotopic (exact) mass is 176 g/mol. The number of hydrogen-bond donors (Lipinski definition) is 1. The van der Waals surface area contributed by atoms with Crippen LogP contribution in [0.2, 0.25) is 0 Å². The van der Waals surface area contributed by atoms with E-state index in [0.29, 0.717) is 0 Å². The van der Waals surface area contributed by atoms with E-state index in [2.05, 4.69) is 15.3 Å². The van der Waals surface area contributed by atoms with Crippen molar-refractivity contribution < 1.29 is 0 Å². The molecule has 1 aromatic heterocycles. The van der Waals surface area contributed by atoms with Gasteiger partial charge >= 0.3 is 0 Å². The molecule has 2 heterocycles. The molecule has 4 heteroatoms. The molecule has 2 rings (SSSR count). The van der Waals surface area contributed by atoms with Crippen LogP contribution in [0.4, 0.5) is 0 Å². The molecule has 0 unspecified atom stereocenters. The Morgan fingerprint density at radius 1 is 1.54 bits per heavy atom. The second kappa shape index (κ2) is 3.43. The third-order valence-electron chi connectivity index (χ3n) is 1.90. The van der Waals surface area contributed by atoms with Crippen LogP contribution in [0.1, 0.15) is 0 Å². The van der Waals surface area contributed by atoms with Crippen LogP contribution < -0.4 is 10.8 Å². The molecule has 0 atom stereocenters. The molecule has 0 saturated carbocycles. The van der Waals surface area contributed by atoms with Gasteiger partial charge in [0, 0.05) is 19.8 Å². The van der Waals surface area contributed by atoms with Crippen LogP contribution in [0, 0.1) is 0 Å². The largest absolute Gasteiger partial charge is 0.353 e. The van der Waals surface area contributed by atoms with Crippen molar-refractivity contribution in [2.45, 2.75) is 0 Å². The van der Waals surface area contributed by atoms with Crippen molar-refractivity contribution in [1.82, 2.24) is 9.88 Å². The molecular weight excluding hydrogens is 164 g/mol. The van der Waals surface area contributed by atoms with E-state index in [0.717, 1.165) is 24.5 Å². The number of pyridine rings is 1. The summed E-state index contributed by atoms with van der Waals surface area (Å²) < 4.78 is 1.96. The molecule has 0 saturated heterocycles. The second-order valence-corrected chi connectivity index (χ2v) is 2.91. The van der Waals surface area contributed by atoms with Gasteiger partial charge in [0.1, 0.15) is 5.49 Å². The van der Waals surface area contributed by atoms with Crippen molar-refractivity contribution in [3.05, 3.63) is 29.9 Å². The van der Waals surface area contributed by atoms with Crippen LogP contribution in [0.5, 0.6) is 0 Å². The lowest BCUT2D eigenvalue weighted by Gasteiger charge is -1.98. The fourth-order valence-electron chi connectivity index (χ4n) is 1.20. The highest BCUT2D eigenvalue weighted by Crippen LogP contribution is 1.85. The van der Waals surface area contributed by atoms with Gasteiger partial charge in [-0.15, -0.1) is 0 Å². The lowest BCUT2D eigenvalue weighted by Crippen LogP contribution is -2.23. The van der Waals surface area contributed by atoms with Crippen molar-refractivity contribution in [2.24, 2.45) is 17.0 Å². The molecular formula is C9H12N4.